The predicted octanol–water partition coefficient (Wildman–Crippen LogP) is 2.45. The van der Waals surface area contributed by atoms with Crippen LogP contribution in [0.5, 0.6) is 0 Å². The Morgan fingerprint density at radius 1 is 1.38 bits per heavy atom. The van der Waals surface area contributed by atoms with E-state index in [4.69, 9.17) is 0 Å². The van der Waals surface area contributed by atoms with Crippen LogP contribution in [0.15, 0.2) is 29.9 Å². The van der Waals surface area contributed by atoms with E-state index >= 15 is 0 Å². The van der Waals surface area contributed by atoms with Crippen LogP contribution in [-0.4, -0.2) is 11.6 Å². The zero-order chi connectivity index (χ0) is 10.3. The monoisotopic (exact) mass is 178 g/mol. The third kappa shape index (κ3) is 3.28. The summed E-state index contributed by atoms with van der Waals surface area (Å²) in [7, 11) is 1.77. The molecule has 0 saturated carbocycles. The molecule has 72 valence electrons. The van der Waals surface area contributed by atoms with Crippen LogP contribution in [0.1, 0.15) is 19.4 Å². The summed E-state index contributed by atoms with van der Waals surface area (Å²) >= 11 is 0. The molecule has 1 aromatic rings. The molecule has 0 aliphatic rings. The summed E-state index contributed by atoms with van der Waals surface area (Å²) in [5.41, 5.74) is 2.13. The number of aromatic nitrogens is 1. The second-order valence-corrected chi connectivity index (χ2v) is 2.38. The van der Waals surface area contributed by atoms with Crippen molar-refractivity contribution >= 4 is 6.20 Å². The summed E-state index contributed by atoms with van der Waals surface area (Å²) in [6.07, 6.45) is 3.74. The molecule has 1 rings (SSSR count). The Bertz CT molecular complexity index is 321. The van der Waals surface area contributed by atoms with Crippen LogP contribution in [0.3, 0.4) is 0 Å². The molecule has 2 heteroatoms. The van der Waals surface area contributed by atoms with Crippen LogP contribution in [0.25, 0.3) is 6.20 Å². The molecule has 0 fully saturated rings. The first-order valence-corrected chi connectivity index (χ1v) is 4.52. The van der Waals surface area contributed by atoms with E-state index < -0.39 is 0 Å². The van der Waals surface area contributed by atoms with Crippen LogP contribution in [-0.2, 0) is 0 Å². The molecule has 0 amide bonds. The Kier molecular flexibility index (Phi) is 5.60. The van der Waals surface area contributed by atoms with Crippen LogP contribution < -0.4 is 5.49 Å². The van der Waals surface area contributed by atoms with Crippen LogP contribution in [0.4, 0.5) is 0 Å². The second kappa shape index (κ2) is 6.23. The minimum Gasteiger partial charge on any atom is -0.309 e. The molecule has 0 saturated heterocycles. The maximum atomic E-state index is 4.07. The van der Waals surface area contributed by atoms with Crippen molar-refractivity contribution in [3.05, 3.63) is 36.0 Å². The van der Waals surface area contributed by atoms with Crippen molar-refractivity contribution in [2.75, 3.05) is 7.05 Å². The van der Waals surface area contributed by atoms with Gasteiger partial charge in [0.05, 0.1) is 0 Å². The summed E-state index contributed by atoms with van der Waals surface area (Å²) in [5, 5.41) is 0. The lowest BCUT2D eigenvalue weighted by Crippen LogP contribution is -2.14. The van der Waals surface area contributed by atoms with Gasteiger partial charge in [-0.15, -0.1) is 0 Å². The van der Waals surface area contributed by atoms with Gasteiger partial charge < -0.3 is 4.57 Å². The van der Waals surface area contributed by atoms with Gasteiger partial charge in [-0.05, 0) is 18.6 Å². The highest BCUT2D eigenvalue weighted by molar-refractivity contribution is 5.20. The van der Waals surface area contributed by atoms with Crippen molar-refractivity contribution in [1.29, 1.82) is 0 Å². The predicted molar refractivity (Wildman–Crippen MR) is 58.4 cm³/mol. The van der Waals surface area contributed by atoms with Gasteiger partial charge in [-0.25, -0.2) is 0 Å². The van der Waals surface area contributed by atoms with Gasteiger partial charge in [0.15, 0.2) is 0 Å². The third-order valence-electron chi connectivity index (χ3n) is 1.53. The topological polar surface area (TPSA) is 17.3 Å². The molecule has 0 spiro atoms. The van der Waals surface area contributed by atoms with E-state index in [0.29, 0.717) is 0 Å². The fourth-order valence-electron chi connectivity index (χ4n) is 0.957. The highest BCUT2D eigenvalue weighted by atomic mass is 15.0. The quantitative estimate of drug-likeness (QED) is 0.628. The first kappa shape index (κ1) is 11.7. The largest absolute Gasteiger partial charge is 0.309 e. The van der Waals surface area contributed by atoms with E-state index in [9.17, 15) is 0 Å². The van der Waals surface area contributed by atoms with Crippen molar-refractivity contribution in [1.82, 2.24) is 4.57 Å². The SMILES string of the molecule is C=Cn1cc(C)ccc1=NC.CC. The van der Waals surface area contributed by atoms with Gasteiger partial charge in [0.1, 0.15) is 5.49 Å². The van der Waals surface area contributed by atoms with Gasteiger partial charge in [0.25, 0.3) is 0 Å². The molecular formula is C11H18N2. The van der Waals surface area contributed by atoms with Crippen molar-refractivity contribution in [2.24, 2.45) is 4.99 Å². The first-order chi connectivity index (χ1) is 6.27. The van der Waals surface area contributed by atoms with E-state index in [2.05, 4.69) is 11.6 Å². The molecule has 0 aliphatic carbocycles. The van der Waals surface area contributed by atoms with Gasteiger partial charge in [0.2, 0.25) is 0 Å². The van der Waals surface area contributed by atoms with Crippen molar-refractivity contribution < 1.29 is 0 Å². The molecule has 1 aromatic heterocycles. The normalized spacial score (nSPS) is 10.3. The van der Waals surface area contributed by atoms with E-state index in [0.717, 1.165) is 5.49 Å². The van der Waals surface area contributed by atoms with Gasteiger partial charge in [-0.2, -0.15) is 0 Å². The molecule has 2 nitrogen and oxygen atoms in total. The number of aryl methyl sites for hydroxylation is 1. The van der Waals surface area contributed by atoms with Crippen molar-refractivity contribution in [3.63, 3.8) is 0 Å². The number of rotatable bonds is 1. The zero-order valence-electron chi connectivity index (χ0n) is 8.91. The molecule has 0 atom stereocenters. The fourth-order valence-corrected chi connectivity index (χ4v) is 0.957. The first-order valence-electron chi connectivity index (χ1n) is 4.52. The smallest absolute Gasteiger partial charge is 0.131 e. The number of pyridine rings is 1. The van der Waals surface area contributed by atoms with Crippen molar-refractivity contribution in [3.8, 4) is 0 Å². The second-order valence-electron chi connectivity index (χ2n) is 2.38. The molecule has 0 aromatic carbocycles. The van der Waals surface area contributed by atoms with Crippen LogP contribution >= 0.6 is 0 Å². The molecule has 0 radical (unpaired) electrons. The molecule has 0 bridgehead atoms. The maximum Gasteiger partial charge on any atom is 0.131 e. The summed E-state index contributed by atoms with van der Waals surface area (Å²) in [6, 6.07) is 4.00. The van der Waals surface area contributed by atoms with Crippen molar-refractivity contribution in [2.45, 2.75) is 20.8 Å². The Hall–Kier alpha value is -1.31. The fraction of sp³-hybridized carbons (Fsp3) is 0.364. The standard InChI is InChI=1S/C9H12N2.C2H6/c1-4-11-7-8(2)5-6-9(11)10-3;1-2/h4-7H,1H2,2-3H3;1-2H3. The molecule has 0 unspecified atom stereocenters. The maximum absolute atomic E-state index is 4.07. The Balaban J connectivity index is 0.000000671. The lowest BCUT2D eigenvalue weighted by Gasteiger charge is -2.00. The van der Waals surface area contributed by atoms with Crippen LogP contribution in [0.2, 0.25) is 0 Å². The highest BCUT2D eigenvalue weighted by Crippen LogP contribution is 1.91. The highest BCUT2D eigenvalue weighted by Gasteiger charge is 1.86. The summed E-state index contributed by atoms with van der Waals surface area (Å²) < 4.78 is 1.90. The lowest BCUT2D eigenvalue weighted by atomic mass is 10.3. The minimum atomic E-state index is 0.922. The number of nitrogens with zero attached hydrogens (tertiary/aromatic N) is 2. The Morgan fingerprint density at radius 2 is 2.00 bits per heavy atom. The summed E-state index contributed by atoms with van der Waals surface area (Å²) in [5.74, 6) is 0. The van der Waals surface area contributed by atoms with E-state index in [-0.39, 0.29) is 0 Å². The Morgan fingerprint density at radius 3 is 2.46 bits per heavy atom. The summed E-state index contributed by atoms with van der Waals surface area (Å²) in [6.45, 7) is 9.72. The van der Waals surface area contributed by atoms with Gasteiger partial charge in [-0.1, -0.05) is 26.5 Å². The molecular weight excluding hydrogens is 160 g/mol. The number of hydrogen-bond acceptors (Lipinski definition) is 1. The average molecular weight is 178 g/mol. The van der Waals surface area contributed by atoms with Gasteiger partial charge >= 0.3 is 0 Å². The molecule has 1 heterocycles. The molecule has 0 aliphatic heterocycles. The minimum absolute atomic E-state index is 0.922. The van der Waals surface area contributed by atoms with E-state index in [1.54, 1.807) is 13.2 Å². The summed E-state index contributed by atoms with van der Waals surface area (Å²) in [4.78, 5) is 4.07. The van der Waals surface area contributed by atoms with E-state index in [1.165, 1.54) is 5.56 Å². The van der Waals surface area contributed by atoms with Crippen LogP contribution in [0, 0.1) is 6.92 Å². The number of hydrogen-bond donors (Lipinski definition) is 0. The van der Waals surface area contributed by atoms with E-state index in [1.807, 2.05) is 43.7 Å². The van der Waals surface area contributed by atoms with Gasteiger partial charge in [0, 0.05) is 19.4 Å². The molecule has 13 heavy (non-hydrogen) atoms. The Labute approximate surface area is 80.3 Å². The average Bonchev–Trinajstić information content (AvgIpc) is 2.20. The third-order valence-corrected chi connectivity index (χ3v) is 1.53. The van der Waals surface area contributed by atoms with Gasteiger partial charge in [-0.3, -0.25) is 4.99 Å². The lowest BCUT2D eigenvalue weighted by molar-refractivity contribution is 0.980. The zero-order valence-corrected chi connectivity index (χ0v) is 8.91. The molecule has 0 N–H and O–H groups in total.